The van der Waals surface area contributed by atoms with Gasteiger partial charge in [-0.25, -0.2) is 0 Å². The average molecular weight is 281 g/mol. The predicted octanol–water partition coefficient (Wildman–Crippen LogP) is 1.23. The Hall–Kier alpha value is -2.15. The molecule has 0 radical (unpaired) electrons. The van der Waals surface area contributed by atoms with Crippen LogP contribution in [-0.4, -0.2) is 28.6 Å². The van der Waals surface area contributed by atoms with E-state index in [0.717, 1.165) is 0 Å². The van der Waals surface area contributed by atoms with Crippen LogP contribution in [0.15, 0.2) is 12.1 Å². The zero-order valence-electron chi connectivity index (χ0n) is 11.7. The Labute approximate surface area is 116 Å². The number of benzene rings is 1. The molecule has 0 aliphatic heterocycles. The molecule has 0 heterocycles. The van der Waals surface area contributed by atoms with Crippen molar-refractivity contribution in [2.45, 2.75) is 26.9 Å². The number of nitrogen functional groups attached to an aromatic ring is 1. The first-order valence-corrected chi connectivity index (χ1v) is 6.24. The number of aryl methyl sites for hydroxylation is 1. The van der Waals surface area contributed by atoms with Crippen LogP contribution in [0.5, 0.6) is 0 Å². The molecule has 1 aromatic rings. The number of rotatable bonds is 5. The van der Waals surface area contributed by atoms with E-state index >= 15 is 0 Å². The molecule has 1 amide bonds. The quantitative estimate of drug-likeness (QED) is 0.426. The summed E-state index contributed by atoms with van der Waals surface area (Å²) in [6.45, 7) is 5.36. The molecule has 20 heavy (non-hydrogen) atoms. The van der Waals surface area contributed by atoms with E-state index in [4.69, 9.17) is 5.73 Å². The van der Waals surface area contributed by atoms with E-state index in [-0.39, 0.29) is 29.4 Å². The highest BCUT2D eigenvalue weighted by molar-refractivity contribution is 6.01. The number of nitro groups is 1. The highest BCUT2D eigenvalue weighted by atomic mass is 16.6. The van der Waals surface area contributed by atoms with Crippen molar-refractivity contribution < 1.29 is 14.8 Å². The molecule has 1 atom stereocenters. The van der Waals surface area contributed by atoms with Crippen LogP contribution in [-0.2, 0) is 0 Å². The van der Waals surface area contributed by atoms with Crippen molar-refractivity contribution in [3.63, 3.8) is 0 Å². The topological polar surface area (TPSA) is 118 Å². The molecule has 0 saturated carbocycles. The van der Waals surface area contributed by atoms with Crippen molar-refractivity contribution in [3.8, 4) is 0 Å². The smallest absolute Gasteiger partial charge is 0.293 e. The number of anilines is 1. The van der Waals surface area contributed by atoms with Gasteiger partial charge >= 0.3 is 0 Å². The maximum Gasteiger partial charge on any atom is 0.293 e. The van der Waals surface area contributed by atoms with Gasteiger partial charge in [0.05, 0.1) is 16.6 Å². The largest absolute Gasteiger partial charge is 0.393 e. The Morgan fingerprint density at radius 3 is 2.60 bits per heavy atom. The van der Waals surface area contributed by atoms with Gasteiger partial charge in [0.2, 0.25) is 0 Å². The zero-order chi connectivity index (χ0) is 15.4. The average Bonchev–Trinajstić information content (AvgIpc) is 2.37. The van der Waals surface area contributed by atoms with Gasteiger partial charge in [-0.3, -0.25) is 14.9 Å². The van der Waals surface area contributed by atoms with Gasteiger partial charge in [-0.05, 0) is 24.5 Å². The number of hydrogen-bond donors (Lipinski definition) is 3. The molecule has 7 heteroatoms. The molecule has 0 aliphatic carbocycles. The second kappa shape index (κ2) is 6.33. The fourth-order valence-corrected chi connectivity index (χ4v) is 1.65. The van der Waals surface area contributed by atoms with E-state index in [9.17, 15) is 20.0 Å². The van der Waals surface area contributed by atoms with E-state index in [1.807, 2.05) is 13.8 Å². The molecular formula is C13H19N3O4. The van der Waals surface area contributed by atoms with Crippen LogP contribution in [0.4, 0.5) is 11.4 Å². The third-order valence-electron chi connectivity index (χ3n) is 2.99. The first kappa shape index (κ1) is 15.9. The molecule has 0 aromatic heterocycles. The summed E-state index contributed by atoms with van der Waals surface area (Å²) in [5, 5.41) is 23.0. The van der Waals surface area contributed by atoms with Gasteiger partial charge in [0, 0.05) is 12.6 Å². The van der Waals surface area contributed by atoms with Crippen LogP contribution in [0.1, 0.15) is 29.8 Å². The van der Waals surface area contributed by atoms with Crippen LogP contribution in [0.2, 0.25) is 0 Å². The summed E-state index contributed by atoms with van der Waals surface area (Å²) in [5.74, 6) is -0.534. The fraction of sp³-hybridized carbons (Fsp3) is 0.462. The number of carbonyl (C=O) groups excluding carboxylic acids is 1. The minimum absolute atomic E-state index is 0.000470. The molecular weight excluding hydrogens is 262 g/mol. The van der Waals surface area contributed by atoms with Gasteiger partial charge in [-0.15, -0.1) is 0 Å². The summed E-state index contributed by atoms with van der Waals surface area (Å²) in [6, 6.07) is 2.80. The third-order valence-corrected chi connectivity index (χ3v) is 2.99. The van der Waals surface area contributed by atoms with E-state index in [1.54, 1.807) is 6.92 Å². The Morgan fingerprint density at radius 1 is 1.50 bits per heavy atom. The van der Waals surface area contributed by atoms with Gasteiger partial charge in [0.15, 0.2) is 0 Å². The lowest BCUT2D eigenvalue weighted by Crippen LogP contribution is -2.35. The minimum atomic E-state index is -0.681. The maximum absolute atomic E-state index is 12.0. The van der Waals surface area contributed by atoms with E-state index in [2.05, 4.69) is 5.32 Å². The number of aliphatic hydroxyl groups is 1. The van der Waals surface area contributed by atoms with Crippen molar-refractivity contribution >= 4 is 17.3 Å². The number of aliphatic hydroxyl groups excluding tert-OH is 1. The molecule has 4 N–H and O–H groups in total. The number of nitro benzene ring substituents is 1. The Bertz CT molecular complexity index is 529. The fourth-order valence-electron chi connectivity index (χ4n) is 1.65. The molecule has 0 aliphatic rings. The number of carbonyl (C=O) groups is 1. The van der Waals surface area contributed by atoms with Crippen molar-refractivity contribution in [1.29, 1.82) is 0 Å². The van der Waals surface area contributed by atoms with Crippen LogP contribution in [0.3, 0.4) is 0 Å². The van der Waals surface area contributed by atoms with E-state index in [0.29, 0.717) is 5.56 Å². The second-order valence-electron chi connectivity index (χ2n) is 5.02. The Kier molecular flexibility index (Phi) is 5.04. The molecule has 1 unspecified atom stereocenters. The maximum atomic E-state index is 12.0. The van der Waals surface area contributed by atoms with Crippen LogP contribution >= 0.6 is 0 Å². The van der Waals surface area contributed by atoms with Crippen molar-refractivity contribution in [2.24, 2.45) is 5.92 Å². The number of nitrogens with one attached hydrogen (secondary N) is 1. The molecule has 1 rings (SSSR count). The molecule has 0 bridgehead atoms. The van der Waals surface area contributed by atoms with Crippen LogP contribution < -0.4 is 11.1 Å². The molecule has 7 nitrogen and oxygen atoms in total. The van der Waals surface area contributed by atoms with Gasteiger partial charge in [0.1, 0.15) is 5.69 Å². The number of hydrogen-bond acceptors (Lipinski definition) is 5. The summed E-state index contributed by atoms with van der Waals surface area (Å²) in [5.41, 5.74) is 5.81. The van der Waals surface area contributed by atoms with Crippen molar-refractivity contribution in [3.05, 3.63) is 33.4 Å². The molecule has 0 fully saturated rings. The van der Waals surface area contributed by atoms with Gasteiger partial charge in [-0.1, -0.05) is 13.8 Å². The number of amides is 1. The number of nitrogens with two attached hydrogens (primary N) is 1. The lowest BCUT2D eigenvalue weighted by Gasteiger charge is -2.15. The highest BCUT2D eigenvalue weighted by Gasteiger charge is 2.21. The monoisotopic (exact) mass is 281 g/mol. The molecule has 110 valence electrons. The van der Waals surface area contributed by atoms with Crippen LogP contribution in [0, 0.1) is 23.0 Å². The van der Waals surface area contributed by atoms with Gasteiger partial charge < -0.3 is 16.2 Å². The minimum Gasteiger partial charge on any atom is -0.393 e. The van der Waals surface area contributed by atoms with Crippen molar-refractivity contribution in [2.75, 3.05) is 12.3 Å². The van der Waals surface area contributed by atoms with Crippen LogP contribution in [0.25, 0.3) is 0 Å². The van der Waals surface area contributed by atoms with E-state index in [1.165, 1.54) is 12.1 Å². The first-order valence-electron chi connectivity index (χ1n) is 6.24. The Morgan fingerprint density at radius 2 is 2.10 bits per heavy atom. The van der Waals surface area contributed by atoms with Gasteiger partial charge in [-0.2, -0.15) is 0 Å². The summed E-state index contributed by atoms with van der Waals surface area (Å²) in [7, 11) is 0. The standard InChI is InChI=1S/C13H19N3O4/c1-7(2)11(17)6-15-13(18)9-4-8(3)5-10(12(9)14)16(19)20/h4-5,7,11,17H,6,14H2,1-3H3,(H,15,18). The third kappa shape index (κ3) is 3.67. The second-order valence-corrected chi connectivity index (χ2v) is 5.02. The van der Waals surface area contributed by atoms with Crippen molar-refractivity contribution in [1.82, 2.24) is 5.32 Å². The normalized spacial score (nSPS) is 12.2. The van der Waals surface area contributed by atoms with Gasteiger partial charge in [0.25, 0.3) is 11.6 Å². The molecule has 0 spiro atoms. The lowest BCUT2D eigenvalue weighted by atomic mass is 10.1. The summed E-state index contributed by atoms with van der Waals surface area (Å²) in [6.07, 6.45) is -0.681. The lowest BCUT2D eigenvalue weighted by molar-refractivity contribution is -0.384. The Balaban J connectivity index is 2.96. The molecule has 0 saturated heterocycles. The summed E-state index contributed by atoms with van der Waals surface area (Å²) < 4.78 is 0. The highest BCUT2D eigenvalue weighted by Crippen LogP contribution is 2.26. The SMILES string of the molecule is Cc1cc(C(=O)NCC(O)C(C)C)c(N)c([N+](=O)[O-])c1. The molecule has 1 aromatic carbocycles. The van der Waals surface area contributed by atoms with E-state index < -0.39 is 16.9 Å². The zero-order valence-corrected chi connectivity index (χ0v) is 11.7. The predicted molar refractivity (Wildman–Crippen MR) is 75.4 cm³/mol. The summed E-state index contributed by atoms with van der Waals surface area (Å²) >= 11 is 0. The number of nitrogens with zero attached hydrogens (tertiary/aromatic N) is 1. The summed E-state index contributed by atoms with van der Waals surface area (Å²) in [4.78, 5) is 22.2. The first-order chi connectivity index (χ1) is 9.23.